The smallest absolute Gasteiger partial charge is 0.394 e. The van der Waals surface area contributed by atoms with Crippen molar-refractivity contribution in [2.24, 2.45) is 0 Å². The van der Waals surface area contributed by atoms with Gasteiger partial charge in [0.1, 0.15) is 0 Å². The molecule has 5 heavy (non-hydrogen) atoms. The van der Waals surface area contributed by atoms with Gasteiger partial charge < -0.3 is 5.11 Å². The fourth-order valence-electron chi connectivity index (χ4n) is 0. The second kappa shape index (κ2) is 4.90. The summed E-state index contributed by atoms with van der Waals surface area (Å²) in [4.78, 5) is 0. The zero-order valence-electron chi connectivity index (χ0n) is 3.73. The van der Waals surface area contributed by atoms with Crippen molar-refractivity contribution in [3.8, 4) is 0 Å². The number of rotatable bonds is 0. The number of aliphatic hydroxyl groups excluding tert-OH is 1. The molecule has 0 aromatic heterocycles. The van der Waals surface area contributed by atoms with Crippen LogP contribution >= 0.6 is 0 Å². The summed E-state index contributed by atoms with van der Waals surface area (Å²) >= 11 is 0. The Labute approximate surface area is 52.9 Å². The van der Waals surface area contributed by atoms with E-state index in [0.717, 1.165) is 0 Å². The van der Waals surface area contributed by atoms with E-state index in [2.05, 4.69) is 0 Å². The topological polar surface area (TPSA) is 20.2 Å². The van der Waals surface area contributed by atoms with Gasteiger partial charge in [0.05, 0.1) is 0 Å². The molecule has 0 unspecified atom stereocenters. The Morgan fingerprint density at radius 2 is 1.40 bits per heavy atom. The summed E-state index contributed by atoms with van der Waals surface area (Å²) in [7, 11) is 0. The first-order valence-corrected chi connectivity index (χ1v) is 1.41. The Bertz CT molecular complexity index is 11.6. The minimum absolute atomic E-state index is 0. The third kappa shape index (κ3) is 51.2. The SMILES string of the molecule is CC(C)O.[Hg+]. The Hall–Kier alpha value is 0.895. The van der Waals surface area contributed by atoms with E-state index >= 15 is 0 Å². The van der Waals surface area contributed by atoms with E-state index in [9.17, 15) is 0 Å². The normalized spacial score (nSPS) is 7.20. The molecule has 0 bridgehead atoms. The van der Waals surface area contributed by atoms with Gasteiger partial charge in [-0.2, -0.15) is 0 Å². The predicted molar refractivity (Wildman–Crippen MR) is 17.4 cm³/mol. The average Bonchev–Trinajstić information content (AvgIpc) is 0.811. The molecule has 0 fully saturated rings. The molecule has 0 heterocycles. The molecule has 0 saturated carbocycles. The monoisotopic (exact) mass is 262 g/mol. The van der Waals surface area contributed by atoms with Gasteiger partial charge in [0, 0.05) is 6.10 Å². The Balaban J connectivity index is 0. The van der Waals surface area contributed by atoms with Gasteiger partial charge in [-0.05, 0) is 13.8 Å². The van der Waals surface area contributed by atoms with Crippen molar-refractivity contribution in [3.05, 3.63) is 0 Å². The van der Waals surface area contributed by atoms with Crippen LogP contribution in [0.2, 0.25) is 0 Å². The first-order valence-electron chi connectivity index (χ1n) is 1.41. The number of hydrogen-bond donors (Lipinski definition) is 1. The molecule has 0 spiro atoms. The van der Waals surface area contributed by atoms with Crippen LogP contribution in [0, 0.1) is 0 Å². The van der Waals surface area contributed by atoms with Gasteiger partial charge in [-0.1, -0.05) is 0 Å². The van der Waals surface area contributed by atoms with E-state index in [-0.39, 0.29) is 33.8 Å². The Morgan fingerprint density at radius 1 is 1.40 bits per heavy atom. The van der Waals surface area contributed by atoms with E-state index in [1.54, 1.807) is 13.8 Å². The van der Waals surface area contributed by atoms with Crippen LogP contribution in [-0.4, -0.2) is 11.2 Å². The zero-order valence-corrected chi connectivity index (χ0v) is 9.23. The van der Waals surface area contributed by atoms with E-state index < -0.39 is 0 Å². The van der Waals surface area contributed by atoms with Crippen LogP contribution in [0.5, 0.6) is 0 Å². The summed E-state index contributed by atoms with van der Waals surface area (Å²) < 4.78 is 0. The molecule has 0 amide bonds. The molecule has 0 rings (SSSR count). The van der Waals surface area contributed by atoms with E-state index in [4.69, 9.17) is 5.11 Å². The zero-order chi connectivity index (χ0) is 3.58. The van der Waals surface area contributed by atoms with Gasteiger partial charge >= 0.3 is 27.7 Å². The second-order valence-corrected chi connectivity index (χ2v) is 1.09. The summed E-state index contributed by atoms with van der Waals surface area (Å²) in [6.07, 6.45) is -0.167. The first-order chi connectivity index (χ1) is 1.73. The quantitative estimate of drug-likeness (QED) is 0.625. The van der Waals surface area contributed by atoms with Crippen LogP contribution < -0.4 is 0 Å². The first kappa shape index (κ1) is 9.31. The van der Waals surface area contributed by atoms with Gasteiger partial charge in [-0.3, -0.25) is 0 Å². The van der Waals surface area contributed by atoms with Crippen molar-refractivity contribution in [1.29, 1.82) is 0 Å². The van der Waals surface area contributed by atoms with Gasteiger partial charge in [0.15, 0.2) is 0 Å². The minimum Gasteiger partial charge on any atom is -0.394 e. The maximum atomic E-state index is 8.06. The number of hydrogen-bond acceptors (Lipinski definition) is 1. The molecule has 0 aliphatic carbocycles. The molecule has 2 heteroatoms. The van der Waals surface area contributed by atoms with Gasteiger partial charge in [-0.25, -0.2) is 0 Å². The molecule has 27 valence electrons. The standard InChI is InChI=1S/C3H8O.Hg/c1-3(2)4;/h3-4H,1-2H3;/q;+1. The third-order valence-corrected chi connectivity index (χ3v) is 0. The van der Waals surface area contributed by atoms with Crippen molar-refractivity contribution >= 4 is 0 Å². The molecule has 0 aliphatic rings. The molecular formula is C3H8HgO+. The van der Waals surface area contributed by atoms with Crippen molar-refractivity contribution in [2.75, 3.05) is 0 Å². The maximum absolute atomic E-state index is 8.06. The summed E-state index contributed by atoms with van der Waals surface area (Å²) in [6.45, 7) is 3.44. The summed E-state index contributed by atoms with van der Waals surface area (Å²) in [6, 6.07) is 0. The second-order valence-electron chi connectivity index (χ2n) is 1.09. The largest absolute Gasteiger partial charge is 1.00 e. The summed E-state index contributed by atoms with van der Waals surface area (Å²) in [5.41, 5.74) is 0. The molecule has 1 radical (unpaired) electrons. The van der Waals surface area contributed by atoms with E-state index in [1.165, 1.54) is 0 Å². The van der Waals surface area contributed by atoms with Gasteiger partial charge in [-0.15, -0.1) is 0 Å². The Morgan fingerprint density at radius 3 is 1.40 bits per heavy atom. The Kier molecular flexibility index (Phi) is 9.12. The fraction of sp³-hybridized carbons (Fsp3) is 1.00. The van der Waals surface area contributed by atoms with Crippen LogP contribution in [0.25, 0.3) is 0 Å². The number of aliphatic hydroxyl groups is 1. The van der Waals surface area contributed by atoms with Crippen LogP contribution in [0.4, 0.5) is 0 Å². The predicted octanol–water partition coefficient (Wildman–Crippen LogP) is 0.385. The van der Waals surface area contributed by atoms with Crippen molar-refractivity contribution in [2.45, 2.75) is 20.0 Å². The molecule has 0 aliphatic heterocycles. The maximum Gasteiger partial charge on any atom is 1.00 e. The van der Waals surface area contributed by atoms with Crippen LogP contribution in [0.15, 0.2) is 0 Å². The fourth-order valence-corrected chi connectivity index (χ4v) is 0. The van der Waals surface area contributed by atoms with Crippen molar-refractivity contribution in [3.63, 3.8) is 0 Å². The van der Waals surface area contributed by atoms with Crippen LogP contribution in [-0.2, 0) is 27.7 Å². The van der Waals surface area contributed by atoms with Crippen LogP contribution in [0.3, 0.4) is 0 Å². The summed E-state index contributed by atoms with van der Waals surface area (Å²) in [5.74, 6) is 0. The minimum atomic E-state index is -0.167. The molecular weight excluding hydrogens is 253 g/mol. The molecule has 0 aromatic carbocycles. The molecule has 1 nitrogen and oxygen atoms in total. The van der Waals surface area contributed by atoms with Gasteiger partial charge in [0.25, 0.3) is 0 Å². The molecule has 0 aromatic rings. The van der Waals surface area contributed by atoms with Crippen molar-refractivity contribution < 1.29 is 32.8 Å². The van der Waals surface area contributed by atoms with Crippen molar-refractivity contribution in [1.82, 2.24) is 0 Å². The third-order valence-electron chi connectivity index (χ3n) is 0. The average molecular weight is 261 g/mol. The molecule has 0 saturated heterocycles. The van der Waals surface area contributed by atoms with E-state index in [1.807, 2.05) is 0 Å². The van der Waals surface area contributed by atoms with E-state index in [0.29, 0.717) is 0 Å². The summed E-state index contributed by atoms with van der Waals surface area (Å²) in [5, 5.41) is 8.06. The molecule has 0 atom stereocenters. The van der Waals surface area contributed by atoms with Gasteiger partial charge in [0.2, 0.25) is 0 Å². The molecule has 1 N–H and O–H groups in total. The van der Waals surface area contributed by atoms with Crippen LogP contribution in [0.1, 0.15) is 13.8 Å².